The van der Waals surface area contributed by atoms with Crippen LogP contribution in [-0.2, 0) is 0 Å². The summed E-state index contributed by atoms with van der Waals surface area (Å²) in [6, 6.07) is 12.2. The Bertz CT molecular complexity index is 959. The van der Waals surface area contributed by atoms with Gasteiger partial charge in [0.2, 0.25) is 0 Å². The summed E-state index contributed by atoms with van der Waals surface area (Å²) >= 11 is 0. The Morgan fingerprint density at radius 2 is 1.70 bits per heavy atom. The van der Waals surface area contributed by atoms with Crippen molar-refractivity contribution in [3.8, 4) is 0 Å². The topological polar surface area (TPSA) is 85.4 Å². The summed E-state index contributed by atoms with van der Waals surface area (Å²) in [6.45, 7) is 3.74. The molecule has 0 bridgehead atoms. The molecular weight excluding hydrogens is 296 g/mol. The molecule has 0 saturated carbocycles. The van der Waals surface area contributed by atoms with Crippen LogP contribution in [0.4, 0.5) is 17.3 Å². The van der Waals surface area contributed by atoms with E-state index in [1.807, 2.05) is 26.0 Å². The molecule has 6 heteroatoms. The van der Waals surface area contributed by atoms with Crippen molar-refractivity contribution in [1.29, 1.82) is 0 Å². The lowest BCUT2D eigenvalue weighted by molar-refractivity contribution is -0.385. The van der Waals surface area contributed by atoms with Crippen molar-refractivity contribution in [2.75, 3.05) is 5.32 Å². The van der Waals surface area contributed by atoms with Gasteiger partial charge in [0.05, 0.1) is 10.3 Å². The van der Waals surface area contributed by atoms with Crippen LogP contribution in [0.2, 0.25) is 0 Å². The number of rotatable bonds is 3. The van der Waals surface area contributed by atoms with Crippen molar-refractivity contribution >= 4 is 28.2 Å². The van der Waals surface area contributed by atoms with Gasteiger partial charge in [-0.15, -0.1) is 0 Å². The Hall–Kier alpha value is -3.15. The summed E-state index contributed by atoms with van der Waals surface area (Å²) in [7, 11) is 0. The highest BCUT2D eigenvalue weighted by Crippen LogP contribution is 2.29. The standard InChI is InChI=1S/C17H14N2O4/c1-10-3-6-12(7-4-10)18-17-15(19(21)22)16(20)13-9-11(2)5-8-14(13)23-17/h3-9,18H,1-2H3. The van der Waals surface area contributed by atoms with E-state index < -0.39 is 16.0 Å². The van der Waals surface area contributed by atoms with Crippen molar-refractivity contribution in [1.82, 2.24) is 0 Å². The average Bonchev–Trinajstić information content (AvgIpc) is 2.50. The van der Waals surface area contributed by atoms with Gasteiger partial charge in [0.1, 0.15) is 5.58 Å². The van der Waals surface area contributed by atoms with Crippen LogP contribution < -0.4 is 10.7 Å². The maximum Gasteiger partial charge on any atom is 0.376 e. The zero-order chi connectivity index (χ0) is 16.6. The third kappa shape index (κ3) is 2.78. The molecule has 1 heterocycles. The predicted molar refractivity (Wildman–Crippen MR) is 88.3 cm³/mol. The van der Waals surface area contributed by atoms with Gasteiger partial charge < -0.3 is 9.73 Å². The molecule has 23 heavy (non-hydrogen) atoms. The zero-order valence-electron chi connectivity index (χ0n) is 12.6. The molecule has 0 aliphatic carbocycles. The van der Waals surface area contributed by atoms with Crippen molar-refractivity contribution in [3.05, 3.63) is 73.9 Å². The molecule has 3 aromatic rings. The van der Waals surface area contributed by atoms with Gasteiger partial charge >= 0.3 is 5.69 Å². The second kappa shape index (κ2) is 5.57. The molecule has 0 fully saturated rings. The number of fused-ring (bicyclic) bond motifs is 1. The summed E-state index contributed by atoms with van der Waals surface area (Å²) in [5.74, 6) is -0.166. The molecule has 0 aliphatic rings. The quantitative estimate of drug-likeness (QED) is 0.582. The molecule has 0 aliphatic heterocycles. The highest BCUT2D eigenvalue weighted by Gasteiger charge is 2.25. The maximum atomic E-state index is 12.4. The summed E-state index contributed by atoms with van der Waals surface area (Å²) in [4.78, 5) is 23.0. The van der Waals surface area contributed by atoms with Crippen LogP contribution in [-0.4, -0.2) is 4.92 Å². The smallest absolute Gasteiger partial charge is 0.376 e. The van der Waals surface area contributed by atoms with E-state index in [4.69, 9.17) is 4.42 Å². The maximum absolute atomic E-state index is 12.4. The predicted octanol–water partition coefficient (Wildman–Crippen LogP) is 4.06. The van der Waals surface area contributed by atoms with Crippen LogP contribution in [0, 0.1) is 24.0 Å². The van der Waals surface area contributed by atoms with Crippen LogP contribution in [0.15, 0.2) is 51.7 Å². The van der Waals surface area contributed by atoms with Crippen LogP contribution >= 0.6 is 0 Å². The first kappa shape index (κ1) is 14.8. The highest BCUT2D eigenvalue weighted by atomic mass is 16.6. The number of nitrogens with one attached hydrogen (secondary N) is 1. The second-order valence-electron chi connectivity index (χ2n) is 5.36. The van der Waals surface area contributed by atoms with E-state index in [0.717, 1.165) is 11.1 Å². The monoisotopic (exact) mass is 310 g/mol. The van der Waals surface area contributed by atoms with E-state index in [1.165, 1.54) is 0 Å². The number of anilines is 2. The number of hydrogen-bond donors (Lipinski definition) is 1. The largest absolute Gasteiger partial charge is 0.434 e. The number of nitrogens with zero attached hydrogens (tertiary/aromatic N) is 1. The van der Waals surface area contributed by atoms with Crippen molar-refractivity contribution in [2.24, 2.45) is 0 Å². The molecule has 2 aromatic carbocycles. The van der Waals surface area contributed by atoms with Crippen LogP contribution in [0.5, 0.6) is 0 Å². The molecule has 1 aromatic heterocycles. The van der Waals surface area contributed by atoms with Gasteiger partial charge in [-0.25, -0.2) is 0 Å². The molecule has 0 spiro atoms. The fourth-order valence-electron chi connectivity index (χ4n) is 2.32. The SMILES string of the molecule is Cc1ccc(Nc2oc3ccc(C)cc3c(=O)c2[N+](=O)[O-])cc1. The van der Waals surface area contributed by atoms with E-state index in [2.05, 4.69) is 5.32 Å². The van der Waals surface area contributed by atoms with E-state index in [0.29, 0.717) is 11.3 Å². The van der Waals surface area contributed by atoms with Crippen molar-refractivity contribution in [3.63, 3.8) is 0 Å². The molecule has 0 unspecified atom stereocenters. The lowest BCUT2D eigenvalue weighted by Crippen LogP contribution is -2.11. The summed E-state index contributed by atoms with van der Waals surface area (Å²) in [6.07, 6.45) is 0. The zero-order valence-corrected chi connectivity index (χ0v) is 12.6. The summed E-state index contributed by atoms with van der Waals surface area (Å²) in [5, 5.41) is 14.3. The van der Waals surface area contributed by atoms with Gasteiger partial charge in [-0.3, -0.25) is 14.9 Å². The van der Waals surface area contributed by atoms with E-state index >= 15 is 0 Å². The van der Waals surface area contributed by atoms with Crippen LogP contribution in [0.25, 0.3) is 11.0 Å². The lowest BCUT2D eigenvalue weighted by Gasteiger charge is -2.08. The molecule has 1 N–H and O–H groups in total. The van der Waals surface area contributed by atoms with Gasteiger partial charge in [0.25, 0.3) is 11.3 Å². The molecule has 0 radical (unpaired) electrons. The van der Waals surface area contributed by atoms with Gasteiger partial charge in [-0.1, -0.05) is 29.3 Å². The lowest BCUT2D eigenvalue weighted by atomic mass is 10.1. The van der Waals surface area contributed by atoms with Crippen LogP contribution in [0.3, 0.4) is 0 Å². The molecule has 0 saturated heterocycles. The minimum Gasteiger partial charge on any atom is -0.434 e. The number of benzene rings is 2. The number of aryl methyl sites for hydroxylation is 2. The first-order valence-electron chi connectivity index (χ1n) is 7.01. The van der Waals surface area contributed by atoms with Gasteiger partial charge in [0, 0.05) is 5.69 Å². The van der Waals surface area contributed by atoms with Crippen molar-refractivity contribution in [2.45, 2.75) is 13.8 Å². The van der Waals surface area contributed by atoms with Gasteiger partial charge in [-0.2, -0.15) is 0 Å². The number of hydrogen-bond acceptors (Lipinski definition) is 5. The summed E-state index contributed by atoms with van der Waals surface area (Å²) in [5.41, 5.74) is 1.55. The fraction of sp³-hybridized carbons (Fsp3) is 0.118. The first-order valence-corrected chi connectivity index (χ1v) is 7.01. The Labute approximate surface area is 131 Å². The third-order valence-corrected chi connectivity index (χ3v) is 3.51. The normalized spacial score (nSPS) is 10.7. The average molecular weight is 310 g/mol. The third-order valence-electron chi connectivity index (χ3n) is 3.51. The first-order chi connectivity index (χ1) is 11.0. The Morgan fingerprint density at radius 3 is 2.35 bits per heavy atom. The van der Waals surface area contributed by atoms with Crippen molar-refractivity contribution < 1.29 is 9.34 Å². The number of nitro groups is 1. The molecule has 116 valence electrons. The second-order valence-corrected chi connectivity index (χ2v) is 5.36. The fourth-order valence-corrected chi connectivity index (χ4v) is 2.32. The van der Waals surface area contributed by atoms with E-state index in [1.54, 1.807) is 30.3 Å². The Morgan fingerprint density at radius 1 is 1.04 bits per heavy atom. The van der Waals surface area contributed by atoms with Gasteiger partial charge in [-0.05, 0) is 38.1 Å². The van der Waals surface area contributed by atoms with Gasteiger partial charge in [0.15, 0.2) is 0 Å². The highest BCUT2D eigenvalue weighted by molar-refractivity contribution is 5.83. The molecule has 0 amide bonds. The van der Waals surface area contributed by atoms with E-state index in [9.17, 15) is 14.9 Å². The minimum absolute atomic E-state index is 0.166. The summed E-state index contributed by atoms with van der Waals surface area (Å²) < 4.78 is 5.57. The molecule has 6 nitrogen and oxygen atoms in total. The van der Waals surface area contributed by atoms with Crippen LogP contribution in [0.1, 0.15) is 11.1 Å². The molecule has 3 rings (SSSR count). The Balaban J connectivity index is 2.20. The Kier molecular flexibility index (Phi) is 3.57. The minimum atomic E-state index is -0.718. The van der Waals surface area contributed by atoms with E-state index in [-0.39, 0.29) is 11.3 Å². The molecule has 0 atom stereocenters. The molecular formula is C17H14N2O4.